The smallest absolute Gasteiger partial charge is 0.306 e. The Morgan fingerprint density at radius 3 is 1.47 bits per heavy atom. The molecule has 0 fully saturated rings. The van der Waals surface area contributed by atoms with Crippen molar-refractivity contribution in [1.82, 2.24) is 5.32 Å². The van der Waals surface area contributed by atoms with Crippen molar-refractivity contribution in [1.29, 1.82) is 0 Å². The van der Waals surface area contributed by atoms with Crippen molar-refractivity contribution in [2.45, 2.75) is 257 Å². The second-order valence-electron chi connectivity index (χ2n) is 16.5. The molecule has 0 aromatic heterocycles. The maximum Gasteiger partial charge on any atom is 0.306 e. The number of aliphatic hydroxyl groups excluding tert-OH is 2. The molecule has 0 aliphatic heterocycles. The number of aliphatic hydroxyl groups is 2. The Labute approximate surface area is 353 Å². The van der Waals surface area contributed by atoms with E-state index in [1.54, 1.807) is 0 Å². The molecule has 1 amide bonds. The highest BCUT2D eigenvalue weighted by molar-refractivity contribution is 5.77. The second-order valence-corrected chi connectivity index (χ2v) is 16.5. The Hall–Kier alpha value is -2.18. The van der Waals surface area contributed by atoms with Crippen LogP contribution in [0.15, 0.2) is 48.6 Å². The summed E-state index contributed by atoms with van der Waals surface area (Å²) in [6.07, 6.45) is 53.1. The summed E-state index contributed by atoms with van der Waals surface area (Å²) in [6.45, 7) is 6.39. The van der Waals surface area contributed by atoms with Gasteiger partial charge in [-0.25, -0.2) is 0 Å². The highest BCUT2D eigenvalue weighted by Crippen LogP contribution is 2.17. The molecular weight excluding hydrogens is 707 g/mol. The first-order valence-electron chi connectivity index (χ1n) is 24.4. The van der Waals surface area contributed by atoms with E-state index in [1.807, 2.05) is 0 Å². The monoisotopic (exact) mass is 800 g/mol. The van der Waals surface area contributed by atoms with Crippen molar-refractivity contribution in [3.8, 4) is 0 Å². The van der Waals surface area contributed by atoms with E-state index in [4.69, 9.17) is 4.74 Å². The van der Waals surface area contributed by atoms with Gasteiger partial charge >= 0.3 is 5.97 Å². The first-order valence-corrected chi connectivity index (χ1v) is 24.4. The van der Waals surface area contributed by atoms with Gasteiger partial charge < -0.3 is 20.3 Å². The van der Waals surface area contributed by atoms with Crippen LogP contribution in [0.1, 0.15) is 239 Å². The minimum absolute atomic E-state index is 0.0486. The van der Waals surface area contributed by atoms with Gasteiger partial charge in [-0.15, -0.1) is 0 Å². The maximum atomic E-state index is 13.2. The molecule has 6 heteroatoms. The molecule has 0 aromatic carbocycles. The molecule has 3 atom stereocenters. The minimum atomic E-state index is -0.797. The topological polar surface area (TPSA) is 95.9 Å². The fourth-order valence-corrected chi connectivity index (χ4v) is 7.12. The summed E-state index contributed by atoms with van der Waals surface area (Å²) in [5.74, 6) is -0.522. The van der Waals surface area contributed by atoms with Crippen molar-refractivity contribution < 1.29 is 24.5 Å². The number of allylic oxidation sites excluding steroid dienone is 8. The SMILES string of the molecule is CCCC/C=C\CCCCCCCC(=O)OC(CCCC/C=C\C/C=C\C/C=C\CCCCC)CC(=O)NC(CO)C(O)CCCCCCCCCCCCCC. The van der Waals surface area contributed by atoms with Gasteiger partial charge in [0.2, 0.25) is 5.91 Å². The molecular formula is C51H93NO5. The molecule has 57 heavy (non-hydrogen) atoms. The highest BCUT2D eigenvalue weighted by atomic mass is 16.5. The van der Waals surface area contributed by atoms with Gasteiger partial charge in [0, 0.05) is 6.42 Å². The Morgan fingerprint density at radius 1 is 0.509 bits per heavy atom. The Balaban J connectivity index is 4.67. The van der Waals surface area contributed by atoms with Crippen LogP contribution in [0.3, 0.4) is 0 Å². The number of rotatable bonds is 43. The summed E-state index contributed by atoms with van der Waals surface area (Å²) >= 11 is 0. The highest BCUT2D eigenvalue weighted by Gasteiger charge is 2.24. The molecule has 332 valence electrons. The van der Waals surface area contributed by atoms with Crippen LogP contribution in [0.25, 0.3) is 0 Å². The van der Waals surface area contributed by atoms with Crippen LogP contribution in [0.5, 0.6) is 0 Å². The van der Waals surface area contributed by atoms with Crippen LogP contribution in [-0.2, 0) is 14.3 Å². The van der Waals surface area contributed by atoms with E-state index in [2.05, 4.69) is 74.7 Å². The molecule has 0 heterocycles. The van der Waals surface area contributed by atoms with Gasteiger partial charge in [0.25, 0.3) is 0 Å². The van der Waals surface area contributed by atoms with E-state index in [1.165, 1.54) is 116 Å². The van der Waals surface area contributed by atoms with Crippen molar-refractivity contribution in [2.24, 2.45) is 0 Å². The first-order chi connectivity index (χ1) is 28.0. The lowest BCUT2D eigenvalue weighted by molar-refractivity contribution is -0.151. The van der Waals surface area contributed by atoms with Crippen LogP contribution >= 0.6 is 0 Å². The predicted molar refractivity (Wildman–Crippen MR) is 245 cm³/mol. The fourth-order valence-electron chi connectivity index (χ4n) is 7.12. The van der Waals surface area contributed by atoms with Crippen LogP contribution < -0.4 is 5.32 Å². The normalized spacial score (nSPS) is 13.7. The van der Waals surface area contributed by atoms with E-state index in [0.29, 0.717) is 19.3 Å². The van der Waals surface area contributed by atoms with Crippen molar-refractivity contribution in [3.05, 3.63) is 48.6 Å². The van der Waals surface area contributed by atoms with E-state index < -0.39 is 18.2 Å². The third-order valence-electron chi connectivity index (χ3n) is 10.9. The molecule has 3 unspecified atom stereocenters. The minimum Gasteiger partial charge on any atom is -0.462 e. The number of nitrogens with one attached hydrogen (secondary N) is 1. The summed E-state index contributed by atoms with van der Waals surface area (Å²) in [4.78, 5) is 26.0. The molecule has 0 aromatic rings. The average molecular weight is 800 g/mol. The number of hydrogen-bond donors (Lipinski definition) is 3. The van der Waals surface area contributed by atoms with Gasteiger partial charge in [-0.1, -0.05) is 191 Å². The summed E-state index contributed by atoms with van der Waals surface area (Å²) in [5.41, 5.74) is 0. The third-order valence-corrected chi connectivity index (χ3v) is 10.9. The predicted octanol–water partition coefficient (Wildman–Crippen LogP) is 14.3. The number of esters is 1. The molecule has 0 radical (unpaired) electrons. The number of ether oxygens (including phenoxy) is 1. The molecule has 0 aliphatic carbocycles. The van der Waals surface area contributed by atoms with E-state index in [9.17, 15) is 19.8 Å². The van der Waals surface area contributed by atoms with E-state index >= 15 is 0 Å². The van der Waals surface area contributed by atoms with Gasteiger partial charge in [-0.05, 0) is 83.5 Å². The summed E-state index contributed by atoms with van der Waals surface area (Å²) in [7, 11) is 0. The van der Waals surface area contributed by atoms with Gasteiger partial charge in [0.05, 0.1) is 25.2 Å². The van der Waals surface area contributed by atoms with Crippen molar-refractivity contribution in [3.63, 3.8) is 0 Å². The molecule has 0 saturated heterocycles. The largest absolute Gasteiger partial charge is 0.462 e. The van der Waals surface area contributed by atoms with Crippen molar-refractivity contribution in [2.75, 3.05) is 6.61 Å². The van der Waals surface area contributed by atoms with Crippen LogP contribution in [-0.4, -0.2) is 46.9 Å². The summed E-state index contributed by atoms with van der Waals surface area (Å²) in [5, 5.41) is 23.7. The average Bonchev–Trinajstić information content (AvgIpc) is 3.20. The number of hydrogen-bond acceptors (Lipinski definition) is 5. The van der Waals surface area contributed by atoms with Gasteiger partial charge in [0.1, 0.15) is 6.10 Å². The Kier molecular flexibility index (Phi) is 43.2. The summed E-state index contributed by atoms with van der Waals surface area (Å²) < 4.78 is 5.89. The lowest BCUT2D eigenvalue weighted by Crippen LogP contribution is -2.46. The molecule has 6 nitrogen and oxygen atoms in total. The first kappa shape index (κ1) is 54.8. The lowest BCUT2D eigenvalue weighted by atomic mass is 10.0. The van der Waals surface area contributed by atoms with Gasteiger partial charge in [-0.2, -0.15) is 0 Å². The molecule has 0 aliphatic rings. The molecule has 0 bridgehead atoms. The standard InChI is InChI=1S/C51H93NO5/c1-4-7-10-13-16-19-22-24-25-26-28-30-33-36-39-42-47(57-51(56)44-41-38-35-32-27-21-18-15-12-9-6-3)45-50(55)52-48(46-53)49(54)43-40-37-34-31-29-23-20-17-14-11-8-5-2/h15-16,18-19,24-25,28,30,47-49,53-54H,4-14,17,20-23,26-27,29,31-46H2,1-3H3,(H,52,55)/b18-15-,19-16-,25-24-,30-28-. The quantitative estimate of drug-likeness (QED) is 0.0324. The Bertz CT molecular complexity index is 988. The van der Waals surface area contributed by atoms with Gasteiger partial charge in [0.15, 0.2) is 0 Å². The summed E-state index contributed by atoms with van der Waals surface area (Å²) in [6, 6.07) is -0.714. The molecule has 3 N–H and O–H groups in total. The fraction of sp³-hybridized carbons (Fsp3) is 0.804. The Morgan fingerprint density at radius 2 is 0.912 bits per heavy atom. The molecule has 0 saturated carbocycles. The van der Waals surface area contributed by atoms with Gasteiger partial charge in [-0.3, -0.25) is 9.59 Å². The van der Waals surface area contributed by atoms with Crippen LogP contribution in [0.4, 0.5) is 0 Å². The zero-order chi connectivity index (χ0) is 41.7. The third kappa shape index (κ3) is 40.4. The van der Waals surface area contributed by atoms with E-state index in [-0.39, 0.29) is 24.9 Å². The lowest BCUT2D eigenvalue weighted by Gasteiger charge is -2.24. The second kappa shape index (κ2) is 44.9. The van der Waals surface area contributed by atoms with Crippen molar-refractivity contribution >= 4 is 11.9 Å². The molecule has 0 rings (SSSR count). The number of unbranched alkanes of at least 4 members (excludes halogenated alkanes) is 23. The van der Waals surface area contributed by atoms with E-state index in [0.717, 1.165) is 77.0 Å². The number of carbonyl (C=O) groups excluding carboxylic acids is 2. The zero-order valence-corrected chi connectivity index (χ0v) is 37.7. The zero-order valence-electron chi connectivity index (χ0n) is 37.7. The maximum absolute atomic E-state index is 13.2. The number of amides is 1. The molecule has 0 spiro atoms. The number of carbonyl (C=O) groups is 2. The van der Waals surface area contributed by atoms with Crippen LogP contribution in [0.2, 0.25) is 0 Å². The van der Waals surface area contributed by atoms with Crippen LogP contribution in [0, 0.1) is 0 Å².